The predicted octanol–water partition coefficient (Wildman–Crippen LogP) is 13.1. The number of hydrogen-bond acceptors (Lipinski definition) is 6. The van der Waals surface area contributed by atoms with Gasteiger partial charge >= 0.3 is 0 Å². The molecule has 0 bridgehead atoms. The van der Waals surface area contributed by atoms with E-state index < -0.39 is 0 Å². The van der Waals surface area contributed by atoms with Gasteiger partial charge in [0.25, 0.3) is 0 Å². The quantitative estimate of drug-likeness (QED) is 0.121. The molecular weight excluding hydrogens is 741 g/mol. The second-order valence-corrected chi connectivity index (χ2v) is 23.2. The average Bonchev–Trinajstić information content (AvgIpc) is 3.93. The van der Waals surface area contributed by atoms with Crippen LogP contribution in [0.25, 0.3) is 44.1 Å². The maximum absolute atomic E-state index is 4.81. The first kappa shape index (κ1) is 43.0. The van der Waals surface area contributed by atoms with Crippen LogP contribution in [0, 0.1) is 10.8 Å². The van der Waals surface area contributed by atoms with Gasteiger partial charge in [-0.1, -0.05) is 125 Å². The number of hydrogen-bond donors (Lipinski definition) is 4. The lowest BCUT2D eigenvalue weighted by Crippen LogP contribution is -2.19. The Morgan fingerprint density at radius 1 is 0.333 bits per heavy atom. The van der Waals surface area contributed by atoms with Crippen LogP contribution in [0.1, 0.15) is 159 Å². The number of rotatable bonds is 0. The van der Waals surface area contributed by atoms with Crippen LogP contribution in [-0.4, -0.2) is 51.3 Å². The highest BCUT2D eigenvalue weighted by molar-refractivity contribution is 6.00. The third-order valence-corrected chi connectivity index (χ3v) is 11.2. The van der Waals surface area contributed by atoms with Gasteiger partial charge in [-0.2, -0.15) is 0 Å². The van der Waals surface area contributed by atoms with E-state index in [1.54, 1.807) is 0 Å². The molecule has 0 spiro atoms. The molecule has 0 atom stereocenters. The molecule has 0 aliphatic carbocycles. The van der Waals surface area contributed by atoms with Crippen molar-refractivity contribution in [2.45, 2.75) is 159 Å². The van der Waals surface area contributed by atoms with E-state index in [-0.39, 0.29) is 32.5 Å². The Hall–Kier alpha value is -5.12. The summed E-state index contributed by atoms with van der Waals surface area (Å²) in [6.45, 7) is 39.3. The van der Waals surface area contributed by atoms with Gasteiger partial charge in [-0.25, -0.2) is 19.9 Å². The summed E-state index contributed by atoms with van der Waals surface area (Å²) < 4.78 is 0. The van der Waals surface area contributed by atoms with Crippen LogP contribution in [0.4, 0.5) is 11.4 Å². The van der Waals surface area contributed by atoms with Gasteiger partial charge < -0.3 is 19.9 Å². The molecule has 0 saturated carbocycles. The molecule has 0 fully saturated rings. The summed E-state index contributed by atoms with van der Waals surface area (Å²) in [5, 5.41) is 0. The fourth-order valence-corrected chi connectivity index (χ4v) is 7.20. The highest BCUT2D eigenvalue weighted by Crippen LogP contribution is 2.38. The molecule has 10 heteroatoms. The maximum Gasteiger partial charge on any atom is 0.112 e. The van der Waals surface area contributed by atoms with Crippen LogP contribution >= 0.6 is 0 Å². The maximum atomic E-state index is 4.81. The first-order valence-electron chi connectivity index (χ1n) is 21.6. The van der Waals surface area contributed by atoms with E-state index in [9.17, 15) is 0 Å². The lowest BCUT2D eigenvalue weighted by Gasteiger charge is -2.17. The molecule has 3 aromatic carbocycles. The fraction of sp³-hybridized carbons (Fsp3) is 0.520. The number of imidazole rings is 4. The van der Waals surface area contributed by atoms with Crippen LogP contribution in [-0.2, 0) is 34.5 Å². The van der Waals surface area contributed by atoms with E-state index in [1.165, 1.54) is 22.6 Å². The van der Waals surface area contributed by atoms with Crippen LogP contribution in [0.5, 0.6) is 0 Å². The lowest BCUT2D eigenvalue weighted by atomic mass is 9.87. The first-order valence-corrected chi connectivity index (χ1v) is 21.6. The lowest BCUT2D eigenvalue weighted by molar-refractivity contribution is 0.554. The fourth-order valence-electron chi connectivity index (χ4n) is 7.20. The first-order chi connectivity index (χ1) is 27.4. The normalized spacial score (nSPS) is 14.9. The molecule has 318 valence electrons. The largest absolute Gasteiger partial charge is 0.342 e. The van der Waals surface area contributed by atoms with Gasteiger partial charge in [-0.15, -0.1) is 0 Å². The molecule has 10 nitrogen and oxygen atoms in total. The number of fused-ring (bicyclic) bond motifs is 6. The molecule has 0 unspecified atom stereocenters. The zero-order valence-corrected chi connectivity index (χ0v) is 39.6. The van der Waals surface area contributed by atoms with Crippen molar-refractivity contribution in [1.29, 1.82) is 0 Å². The Labute approximate surface area is 356 Å². The van der Waals surface area contributed by atoms with Gasteiger partial charge in [-0.05, 0) is 47.5 Å². The zero-order valence-electron chi connectivity index (χ0n) is 39.6. The molecule has 2 aliphatic rings. The molecule has 0 amide bonds. The minimum atomic E-state index is 0.0245. The number of nitrogens with one attached hydrogen (secondary N) is 4. The Balaban J connectivity index is 0.000000136. The average molecular weight is 809 g/mol. The van der Waals surface area contributed by atoms with Crippen molar-refractivity contribution in [3.8, 4) is 0 Å². The van der Waals surface area contributed by atoms with E-state index in [4.69, 9.17) is 29.9 Å². The third-order valence-electron chi connectivity index (χ3n) is 11.2. The number of aromatic amines is 4. The summed E-state index contributed by atoms with van der Waals surface area (Å²) in [4.78, 5) is 42.2. The number of H-pyrrole nitrogens is 4. The molecule has 4 N–H and O–H groups in total. The van der Waals surface area contributed by atoms with Crippen LogP contribution in [0.15, 0.2) is 46.4 Å². The molecule has 60 heavy (non-hydrogen) atoms. The topological polar surface area (TPSA) is 139 Å². The number of nitrogens with zero attached hydrogens (tertiary/aromatic N) is 6. The van der Waals surface area contributed by atoms with Gasteiger partial charge in [0.15, 0.2) is 0 Å². The summed E-state index contributed by atoms with van der Waals surface area (Å²) >= 11 is 0. The molecular formula is C50H68N10. The van der Waals surface area contributed by atoms with Crippen LogP contribution in [0.3, 0.4) is 0 Å². The van der Waals surface area contributed by atoms with Crippen molar-refractivity contribution < 1.29 is 0 Å². The van der Waals surface area contributed by atoms with Gasteiger partial charge in [0.1, 0.15) is 23.3 Å². The van der Waals surface area contributed by atoms with E-state index in [0.29, 0.717) is 0 Å². The molecule has 4 aromatic heterocycles. The van der Waals surface area contributed by atoms with Gasteiger partial charge in [0, 0.05) is 56.8 Å². The summed E-state index contributed by atoms with van der Waals surface area (Å²) in [5.74, 6) is 4.10. The standard InChI is InChI=1S/2C17H23N3.C16H22N4/c2*1-16(2,3)14-8-10-7-12-13(9-11(10)18-14)20-15(19-12)17(4,5)6;1-15(2,3)13-17-9-7-11-12(8-10(9)18-13)20-14(19-11)16(4,5)6/h2*7,9H,8H2,1-6H3,(H,19,20);7-8H,1-6H3,(H,17,18)(H,19,20). The molecule has 2 aliphatic heterocycles. The van der Waals surface area contributed by atoms with Gasteiger partial charge in [-0.3, -0.25) is 9.98 Å². The number of aromatic nitrogens is 8. The summed E-state index contributed by atoms with van der Waals surface area (Å²) in [5.41, 5.74) is 16.1. The van der Waals surface area contributed by atoms with Crippen molar-refractivity contribution in [3.63, 3.8) is 0 Å². The van der Waals surface area contributed by atoms with Crippen molar-refractivity contribution in [1.82, 2.24) is 39.9 Å². The highest BCUT2D eigenvalue weighted by Gasteiger charge is 2.28. The monoisotopic (exact) mass is 809 g/mol. The Bertz CT molecular complexity index is 2570. The van der Waals surface area contributed by atoms with Crippen LogP contribution < -0.4 is 0 Å². The van der Waals surface area contributed by atoms with Crippen LogP contribution in [0.2, 0.25) is 0 Å². The smallest absolute Gasteiger partial charge is 0.112 e. The summed E-state index contributed by atoms with van der Waals surface area (Å²) in [7, 11) is 0. The SMILES string of the molecule is CC(C)(C)C1=Nc2cc3nc(C(C)(C)C)[nH]c3cc2C1.CC(C)(C)C1=Nc2cc3nc(C(C)(C)C)[nH]c3cc2C1.CC(C)(C)c1nc2cc3nc(C(C)(C)C)[nH]c3cc2[nH]1. The van der Waals surface area contributed by atoms with Crippen molar-refractivity contribution in [2.24, 2.45) is 20.8 Å². The van der Waals surface area contributed by atoms with Crippen molar-refractivity contribution in [2.75, 3.05) is 0 Å². The van der Waals surface area contributed by atoms with E-state index >= 15 is 0 Å². The molecule has 0 radical (unpaired) electrons. The molecule has 6 heterocycles. The molecule has 9 rings (SSSR count). The Kier molecular flexibility index (Phi) is 10.2. The Morgan fingerprint density at radius 3 is 0.867 bits per heavy atom. The van der Waals surface area contributed by atoms with Gasteiger partial charge in [0.2, 0.25) is 0 Å². The highest BCUT2D eigenvalue weighted by atomic mass is 15.0. The third kappa shape index (κ3) is 8.84. The molecule has 7 aromatic rings. The predicted molar refractivity (Wildman–Crippen MR) is 253 cm³/mol. The Morgan fingerprint density at radius 2 is 0.600 bits per heavy atom. The zero-order chi connectivity index (χ0) is 44.1. The number of aliphatic imine (C=N–C) groups is 2. The summed E-state index contributed by atoms with van der Waals surface area (Å²) in [6, 6.07) is 12.8. The van der Waals surface area contributed by atoms with E-state index in [0.717, 1.165) is 91.6 Å². The van der Waals surface area contributed by atoms with Crippen molar-refractivity contribution in [3.05, 3.63) is 70.8 Å². The minimum Gasteiger partial charge on any atom is -0.342 e. The minimum absolute atomic E-state index is 0.0245. The van der Waals surface area contributed by atoms with Gasteiger partial charge in [0.05, 0.1) is 55.5 Å². The number of benzene rings is 3. The van der Waals surface area contributed by atoms with E-state index in [1.807, 2.05) is 0 Å². The second-order valence-electron chi connectivity index (χ2n) is 23.2. The summed E-state index contributed by atoms with van der Waals surface area (Å²) in [6.07, 6.45) is 1.91. The molecule has 0 saturated heterocycles. The van der Waals surface area contributed by atoms with E-state index in [2.05, 4.69) is 181 Å². The van der Waals surface area contributed by atoms with Crippen molar-refractivity contribution >= 4 is 66.9 Å². The second kappa shape index (κ2) is 14.2.